The minimum atomic E-state index is -3.51. The van der Waals surface area contributed by atoms with Crippen LogP contribution in [0, 0.1) is 6.92 Å². The highest BCUT2D eigenvalue weighted by Gasteiger charge is 2.29. The van der Waals surface area contributed by atoms with E-state index in [0.717, 1.165) is 0 Å². The average Bonchev–Trinajstić information content (AvgIpc) is 2.58. The van der Waals surface area contributed by atoms with Gasteiger partial charge in [0, 0.05) is 13.1 Å². The second-order valence-electron chi connectivity index (χ2n) is 3.87. The third-order valence-corrected chi connectivity index (χ3v) is 4.94. The van der Waals surface area contributed by atoms with Crippen molar-refractivity contribution in [3.05, 3.63) is 11.4 Å². The summed E-state index contributed by atoms with van der Waals surface area (Å²) in [7, 11) is -1.97. The predicted molar refractivity (Wildman–Crippen MR) is 63.0 cm³/mol. The van der Waals surface area contributed by atoms with E-state index in [1.165, 1.54) is 4.31 Å². The zero-order valence-corrected chi connectivity index (χ0v) is 11.4. The van der Waals surface area contributed by atoms with Crippen LogP contribution in [-0.2, 0) is 15.9 Å². The fraction of sp³-hybridized carbons (Fsp3) is 0.667. The van der Waals surface area contributed by atoms with Gasteiger partial charge in [-0.05, 0) is 20.8 Å². The lowest BCUT2D eigenvalue weighted by Crippen LogP contribution is -2.33. The quantitative estimate of drug-likeness (QED) is 0.839. The number of nitrogens with zero attached hydrogens (tertiary/aromatic N) is 2. The highest BCUT2D eigenvalue weighted by atomic mass is 35.5. The van der Waals surface area contributed by atoms with Gasteiger partial charge in [0.15, 0.2) is 0 Å². The first kappa shape index (κ1) is 13.5. The molecule has 0 saturated carbocycles. The lowest BCUT2D eigenvalue weighted by molar-refractivity contribution is 0.410. The second kappa shape index (κ2) is 4.73. The molecule has 0 aliphatic carbocycles. The van der Waals surface area contributed by atoms with Crippen molar-refractivity contribution in [2.45, 2.75) is 37.6 Å². The van der Waals surface area contributed by atoms with Crippen molar-refractivity contribution in [3.63, 3.8) is 0 Å². The molecule has 0 spiro atoms. The fourth-order valence-corrected chi connectivity index (χ4v) is 3.29. The topological polar surface area (TPSA) is 66.1 Å². The van der Waals surface area contributed by atoms with E-state index < -0.39 is 10.0 Å². The summed E-state index contributed by atoms with van der Waals surface area (Å²) in [6.45, 7) is 5.30. The van der Waals surface area contributed by atoms with Crippen LogP contribution in [0.5, 0.6) is 0 Å². The molecule has 1 N–H and O–H groups in total. The number of aryl methyl sites for hydroxylation is 1. The van der Waals surface area contributed by atoms with E-state index in [0.29, 0.717) is 11.4 Å². The summed E-state index contributed by atoms with van der Waals surface area (Å²) < 4.78 is 25.8. The Morgan fingerprint density at radius 1 is 1.50 bits per heavy atom. The molecule has 92 valence electrons. The summed E-state index contributed by atoms with van der Waals surface area (Å²) in [4.78, 5) is 0.193. The van der Waals surface area contributed by atoms with Gasteiger partial charge in [-0.25, -0.2) is 8.42 Å². The standard InChI is InChI=1S/C9H16ClN3O2S/c1-6(2)13(4)16(14,15)9-7(3)11-12-8(9)5-10/h6H,5H2,1-4H3,(H,11,12). The largest absolute Gasteiger partial charge is 0.281 e. The number of hydrogen-bond acceptors (Lipinski definition) is 3. The fourth-order valence-electron chi connectivity index (χ4n) is 1.32. The van der Waals surface area contributed by atoms with Crippen LogP contribution in [-0.4, -0.2) is 36.0 Å². The van der Waals surface area contributed by atoms with Crippen molar-refractivity contribution in [3.8, 4) is 0 Å². The maximum Gasteiger partial charge on any atom is 0.246 e. The number of aromatic nitrogens is 2. The minimum Gasteiger partial charge on any atom is -0.281 e. The SMILES string of the molecule is Cc1[nH]nc(CCl)c1S(=O)(=O)N(C)C(C)C. The van der Waals surface area contributed by atoms with Crippen LogP contribution in [0.4, 0.5) is 0 Å². The van der Waals surface area contributed by atoms with E-state index in [2.05, 4.69) is 10.2 Å². The Morgan fingerprint density at radius 2 is 2.06 bits per heavy atom. The van der Waals surface area contributed by atoms with Crippen molar-refractivity contribution < 1.29 is 8.42 Å². The van der Waals surface area contributed by atoms with Crippen LogP contribution in [0.25, 0.3) is 0 Å². The van der Waals surface area contributed by atoms with Crippen molar-refractivity contribution in [1.82, 2.24) is 14.5 Å². The van der Waals surface area contributed by atoms with Crippen LogP contribution < -0.4 is 0 Å². The molecule has 0 bridgehead atoms. The minimum absolute atomic E-state index is 0.0742. The molecular weight excluding hydrogens is 250 g/mol. The highest BCUT2D eigenvalue weighted by Crippen LogP contribution is 2.23. The van der Waals surface area contributed by atoms with Gasteiger partial charge in [0.25, 0.3) is 0 Å². The van der Waals surface area contributed by atoms with E-state index in [-0.39, 0.29) is 16.8 Å². The van der Waals surface area contributed by atoms with Gasteiger partial charge in [0.1, 0.15) is 4.90 Å². The molecule has 0 saturated heterocycles. The molecule has 1 aromatic rings. The number of alkyl halides is 1. The number of aromatic amines is 1. The summed E-state index contributed by atoms with van der Waals surface area (Å²) in [5, 5.41) is 6.53. The number of halogens is 1. The molecule has 1 rings (SSSR count). The number of rotatable bonds is 4. The molecule has 0 radical (unpaired) electrons. The molecule has 1 heterocycles. The van der Waals surface area contributed by atoms with Crippen molar-refractivity contribution in [1.29, 1.82) is 0 Å². The maximum absolute atomic E-state index is 12.2. The summed E-state index contributed by atoms with van der Waals surface area (Å²) in [5.41, 5.74) is 0.884. The molecule has 0 atom stereocenters. The molecule has 0 aliphatic heterocycles. The van der Waals surface area contributed by atoms with Gasteiger partial charge in [-0.1, -0.05) is 0 Å². The molecule has 0 amide bonds. The smallest absolute Gasteiger partial charge is 0.246 e. The van der Waals surface area contributed by atoms with Crippen molar-refractivity contribution in [2.75, 3.05) is 7.05 Å². The Hall–Kier alpha value is -0.590. The average molecular weight is 266 g/mol. The Morgan fingerprint density at radius 3 is 2.50 bits per heavy atom. The zero-order chi connectivity index (χ0) is 12.5. The third kappa shape index (κ3) is 2.23. The predicted octanol–water partition coefficient (Wildman–Crippen LogP) is 1.49. The highest BCUT2D eigenvalue weighted by molar-refractivity contribution is 7.89. The summed E-state index contributed by atoms with van der Waals surface area (Å²) in [5.74, 6) is 0.0742. The number of hydrogen-bond donors (Lipinski definition) is 1. The van der Waals surface area contributed by atoms with Gasteiger partial charge in [-0.15, -0.1) is 11.6 Å². The Bertz CT molecular complexity index is 467. The van der Waals surface area contributed by atoms with Crippen LogP contribution in [0.15, 0.2) is 4.90 Å². The van der Waals surface area contributed by atoms with Gasteiger partial charge in [-0.3, -0.25) is 5.10 Å². The number of sulfonamides is 1. The molecule has 0 aliphatic rings. The molecule has 0 aromatic carbocycles. The monoisotopic (exact) mass is 265 g/mol. The van der Waals surface area contributed by atoms with Crippen LogP contribution in [0.2, 0.25) is 0 Å². The van der Waals surface area contributed by atoms with E-state index in [4.69, 9.17) is 11.6 Å². The first-order chi connectivity index (χ1) is 7.32. The normalized spacial score (nSPS) is 12.7. The lowest BCUT2D eigenvalue weighted by Gasteiger charge is -2.21. The molecular formula is C9H16ClN3O2S. The van der Waals surface area contributed by atoms with Crippen molar-refractivity contribution >= 4 is 21.6 Å². The maximum atomic E-state index is 12.2. The van der Waals surface area contributed by atoms with Gasteiger partial charge in [0.05, 0.1) is 17.3 Å². The van der Waals surface area contributed by atoms with Gasteiger partial charge >= 0.3 is 0 Å². The van der Waals surface area contributed by atoms with Gasteiger partial charge in [-0.2, -0.15) is 9.40 Å². The van der Waals surface area contributed by atoms with E-state index in [9.17, 15) is 8.42 Å². The van der Waals surface area contributed by atoms with Crippen molar-refractivity contribution in [2.24, 2.45) is 0 Å². The summed E-state index contributed by atoms with van der Waals surface area (Å²) >= 11 is 5.67. The Kier molecular flexibility index (Phi) is 3.98. The third-order valence-electron chi connectivity index (χ3n) is 2.45. The molecule has 0 fully saturated rings. The number of H-pyrrole nitrogens is 1. The summed E-state index contributed by atoms with van der Waals surface area (Å²) in [6, 6.07) is -0.109. The zero-order valence-electron chi connectivity index (χ0n) is 9.78. The lowest BCUT2D eigenvalue weighted by atomic mass is 10.4. The first-order valence-electron chi connectivity index (χ1n) is 4.90. The Labute approximate surface area is 101 Å². The van der Waals surface area contributed by atoms with Crippen LogP contribution in [0.1, 0.15) is 25.2 Å². The van der Waals surface area contributed by atoms with E-state index in [1.807, 2.05) is 13.8 Å². The first-order valence-corrected chi connectivity index (χ1v) is 6.87. The summed E-state index contributed by atoms with van der Waals surface area (Å²) in [6.07, 6.45) is 0. The molecule has 7 heteroatoms. The van der Waals surface area contributed by atoms with Gasteiger partial charge < -0.3 is 0 Å². The molecule has 5 nitrogen and oxygen atoms in total. The van der Waals surface area contributed by atoms with Gasteiger partial charge in [0.2, 0.25) is 10.0 Å². The second-order valence-corrected chi connectivity index (χ2v) is 6.07. The van der Waals surface area contributed by atoms with Crippen LogP contribution in [0.3, 0.4) is 0 Å². The van der Waals surface area contributed by atoms with Crippen LogP contribution >= 0.6 is 11.6 Å². The van der Waals surface area contributed by atoms with E-state index in [1.54, 1.807) is 14.0 Å². The molecule has 0 unspecified atom stereocenters. The van der Waals surface area contributed by atoms with E-state index >= 15 is 0 Å². The molecule has 16 heavy (non-hydrogen) atoms. The number of nitrogens with one attached hydrogen (secondary N) is 1. The Balaban J connectivity index is 3.32. The molecule has 1 aromatic heterocycles.